The lowest BCUT2D eigenvalue weighted by Gasteiger charge is -2.36. The highest BCUT2D eigenvalue weighted by molar-refractivity contribution is 6.74. The molecule has 0 bridgehead atoms. The van der Waals surface area contributed by atoms with Crippen LogP contribution in [-0.2, 0) is 36.3 Å². The summed E-state index contributed by atoms with van der Waals surface area (Å²) in [7, 11) is -1.99. The maximum absolute atomic E-state index is 6.52. The first-order chi connectivity index (χ1) is 16.1. The van der Waals surface area contributed by atoms with E-state index in [2.05, 4.69) is 91.2 Å². The van der Waals surface area contributed by atoms with Crippen molar-refractivity contribution in [1.29, 1.82) is 0 Å². The maximum atomic E-state index is 6.52. The predicted molar refractivity (Wildman–Crippen MR) is 152 cm³/mol. The quantitative estimate of drug-likeness (QED) is 0.188. The Balaban J connectivity index is 2.79. The second kappa shape index (κ2) is 14.3. The summed E-state index contributed by atoms with van der Waals surface area (Å²) >= 11 is 0. The number of hydrogen-bond donors (Lipinski definition) is 1. The number of benzene rings is 1. The lowest BCUT2D eigenvalue weighted by molar-refractivity contribution is 0.0272. The molecule has 1 rings (SSSR count). The van der Waals surface area contributed by atoms with Crippen molar-refractivity contribution >= 4 is 22.3 Å². The van der Waals surface area contributed by atoms with Crippen molar-refractivity contribution in [3.63, 3.8) is 0 Å². The second-order valence-electron chi connectivity index (χ2n) is 12.3. The molecule has 0 radical (unpaired) electrons. The van der Waals surface area contributed by atoms with E-state index in [9.17, 15) is 0 Å². The van der Waals surface area contributed by atoms with Crippen LogP contribution >= 0.6 is 0 Å². The third kappa shape index (κ3) is 11.9. The van der Waals surface area contributed by atoms with Gasteiger partial charge in [-0.25, -0.2) is 0 Å². The minimum Gasteiger partial charge on any atom is -0.413 e. The summed E-state index contributed by atoms with van der Waals surface area (Å²) in [5, 5.41) is 3.88. The summed E-state index contributed by atoms with van der Waals surface area (Å²) in [4.78, 5) is 0. The molecule has 0 spiro atoms. The van der Waals surface area contributed by atoms with E-state index in [1.807, 2.05) is 0 Å². The largest absolute Gasteiger partial charge is 0.413 e. The molecule has 0 aliphatic carbocycles. The van der Waals surface area contributed by atoms with E-state index in [0.29, 0.717) is 46.2 Å². The number of rotatable bonds is 16. The summed E-state index contributed by atoms with van der Waals surface area (Å²) in [6.45, 7) is 27.8. The average Bonchev–Trinajstić information content (AvgIpc) is 2.74. The van der Waals surface area contributed by atoms with Gasteiger partial charge in [0.05, 0.1) is 46.2 Å². The van der Waals surface area contributed by atoms with Gasteiger partial charge in [-0.15, -0.1) is 0 Å². The van der Waals surface area contributed by atoms with Crippen molar-refractivity contribution in [2.75, 3.05) is 52.0 Å². The van der Waals surface area contributed by atoms with Crippen molar-refractivity contribution in [2.45, 2.75) is 91.0 Å². The molecule has 0 unspecified atom stereocenters. The van der Waals surface area contributed by atoms with Crippen molar-refractivity contribution < 1.29 is 23.1 Å². The van der Waals surface area contributed by atoms with E-state index in [-0.39, 0.29) is 10.1 Å². The van der Waals surface area contributed by atoms with E-state index < -0.39 is 16.6 Å². The molecule has 35 heavy (non-hydrogen) atoms. The fourth-order valence-electron chi connectivity index (χ4n) is 2.72. The minimum atomic E-state index is -1.83. The van der Waals surface area contributed by atoms with Crippen LogP contribution < -0.4 is 5.32 Å². The number of anilines is 1. The summed E-state index contributed by atoms with van der Waals surface area (Å²) in [6, 6.07) is 6.62. The topological polar surface area (TPSA) is 58.2 Å². The summed E-state index contributed by atoms with van der Waals surface area (Å²) < 4.78 is 29.1. The third-order valence-electron chi connectivity index (χ3n) is 7.24. The zero-order valence-corrected chi connectivity index (χ0v) is 26.4. The summed E-state index contributed by atoms with van der Waals surface area (Å²) in [6.07, 6.45) is 0. The van der Waals surface area contributed by atoms with Crippen LogP contribution in [0.25, 0.3) is 0 Å². The highest BCUT2D eigenvalue weighted by atomic mass is 28.4. The molecule has 1 aromatic rings. The van der Waals surface area contributed by atoms with Gasteiger partial charge in [-0.3, -0.25) is 0 Å². The van der Waals surface area contributed by atoms with Crippen LogP contribution in [0.4, 0.5) is 5.69 Å². The van der Waals surface area contributed by atoms with Gasteiger partial charge in [-0.2, -0.15) is 0 Å². The molecule has 1 aromatic carbocycles. The Morgan fingerprint density at radius 1 is 0.657 bits per heavy atom. The Morgan fingerprint density at radius 2 is 1.09 bits per heavy atom. The second-order valence-corrected chi connectivity index (χ2v) is 21.9. The number of methoxy groups -OCH3 is 1. The molecular formula is C27H53NO5Si2. The highest BCUT2D eigenvalue weighted by Crippen LogP contribution is 2.38. The Labute approximate surface area is 217 Å². The Kier molecular flexibility index (Phi) is 13.2. The van der Waals surface area contributed by atoms with E-state index >= 15 is 0 Å². The first-order valence-corrected chi connectivity index (χ1v) is 18.7. The van der Waals surface area contributed by atoms with E-state index in [4.69, 9.17) is 23.1 Å². The number of ether oxygens (including phenoxy) is 3. The molecule has 0 saturated heterocycles. The van der Waals surface area contributed by atoms with E-state index in [1.54, 1.807) is 7.11 Å². The van der Waals surface area contributed by atoms with Crippen LogP contribution in [0.3, 0.4) is 0 Å². The smallest absolute Gasteiger partial charge is 0.192 e. The van der Waals surface area contributed by atoms with Crippen LogP contribution in [0.15, 0.2) is 18.2 Å². The molecule has 0 aliphatic rings. The maximum Gasteiger partial charge on any atom is 0.192 e. The zero-order valence-electron chi connectivity index (χ0n) is 24.4. The third-order valence-corrected chi connectivity index (χ3v) is 16.2. The Bertz CT molecular complexity index is 694. The lowest BCUT2D eigenvalue weighted by atomic mass is 10.1. The summed E-state index contributed by atoms with van der Waals surface area (Å²) in [5.74, 6) is 0. The molecule has 0 aromatic heterocycles. The van der Waals surface area contributed by atoms with Crippen LogP contribution in [0.2, 0.25) is 36.3 Å². The molecule has 1 N–H and O–H groups in total. The van der Waals surface area contributed by atoms with Crippen molar-refractivity contribution in [3.05, 3.63) is 29.3 Å². The fourth-order valence-corrected chi connectivity index (χ4v) is 4.64. The number of nitrogens with one attached hydrogen (secondary N) is 1. The molecular weight excluding hydrogens is 474 g/mol. The molecule has 0 atom stereocenters. The van der Waals surface area contributed by atoms with E-state index in [1.165, 1.54) is 11.1 Å². The van der Waals surface area contributed by atoms with Gasteiger partial charge in [0, 0.05) is 19.3 Å². The van der Waals surface area contributed by atoms with Crippen molar-refractivity contribution in [1.82, 2.24) is 0 Å². The molecule has 0 fully saturated rings. The first kappa shape index (κ1) is 32.3. The average molecular weight is 528 g/mol. The molecule has 0 amide bonds. The SMILES string of the molecule is COCCOCCOCCNc1cc(CO[Si](C)(C)C(C)(C)C)cc(CO[Si](C)(C)C(C)(C)C)c1. The number of hydrogen-bond acceptors (Lipinski definition) is 6. The van der Waals surface area contributed by atoms with Gasteiger partial charge in [0.25, 0.3) is 0 Å². The van der Waals surface area contributed by atoms with Gasteiger partial charge in [0.2, 0.25) is 0 Å². The van der Waals surface area contributed by atoms with Crippen LogP contribution in [0.1, 0.15) is 52.7 Å². The Hall–Kier alpha value is -0.746. The van der Waals surface area contributed by atoms with Gasteiger partial charge >= 0.3 is 0 Å². The molecule has 0 aliphatic heterocycles. The molecule has 204 valence electrons. The molecule has 8 heteroatoms. The minimum absolute atomic E-state index is 0.182. The fraction of sp³-hybridized carbons (Fsp3) is 0.778. The van der Waals surface area contributed by atoms with Gasteiger partial charge in [-0.05, 0) is 59.5 Å². The summed E-state index contributed by atoms with van der Waals surface area (Å²) in [5.41, 5.74) is 3.44. The molecule has 0 heterocycles. The Morgan fingerprint density at radius 3 is 1.51 bits per heavy atom. The van der Waals surface area contributed by atoms with Crippen molar-refractivity contribution in [3.8, 4) is 0 Å². The normalized spacial score (nSPS) is 13.3. The van der Waals surface area contributed by atoms with Crippen molar-refractivity contribution in [2.24, 2.45) is 0 Å². The first-order valence-electron chi connectivity index (χ1n) is 12.9. The van der Waals surface area contributed by atoms with E-state index in [0.717, 1.165) is 12.2 Å². The van der Waals surface area contributed by atoms with Crippen LogP contribution in [-0.4, -0.2) is 63.3 Å². The standard InChI is InChI=1S/C27H53NO5Si2/c1-26(2,3)34(8,9)32-21-23-18-24(22-33-35(10,11)27(4,5)6)20-25(19-23)28-12-13-30-16-17-31-15-14-29-7/h18-20,28H,12-17,21-22H2,1-11H3. The monoisotopic (exact) mass is 527 g/mol. The van der Waals surface area contributed by atoms with Gasteiger partial charge in [0.1, 0.15) is 0 Å². The van der Waals surface area contributed by atoms with Gasteiger partial charge in [0.15, 0.2) is 16.6 Å². The van der Waals surface area contributed by atoms with Crippen LogP contribution in [0, 0.1) is 0 Å². The van der Waals surface area contributed by atoms with Crippen LogP contribution in [0.5, 0.6) is 0 Å². The highest BCUT2D eigenvalue weighted by Gasteiger charge is 2.38. The van der Waals surface area contributed by atoms with Gasteiger partial charge in [-0.1, -0.05) is 47.6 Å². The zero-order chi connectivity index (χ0) is 26.8. The van der Waals surface area contributed by atoms with Gasteiger partial charge < -0.3 is 28.4 Å². The predicted octanol–water partition coefficient (Wildman–Crippen LogP) is 6.82. The molecule has 0 saturated carbocycles. The lowest BCUT2D eigenvalue weighted by Crippen LogP contribution is -2.40. The molecule has 6 nitrogen and oxygen atoms in total.